The molecule has 0 aliphatic carbocycles. The van der Waals surface area contributed by atoms with Crippen LogP contribution in [0.15, 0.2) is 11.1 Å². The van der Waals surface area contributed by atoms with Crippen molar-refractivity contribution in [3.63, 3.8) is 0 Å². The molecular formula is C10H10FN4O6P. The average Bonchev–Trinajstić information content (AvgIpc) is 3.01. The van der Waals surface area contributed by atoms with Crippen LogP contribution in [-0.2, 0) is 13.8 Å². The van der Waals surface area contributed by atoms with E-state index in [9.17, 15) is 23.7 Å². The number of hydrogen-bond acceptors (Lipinski definition) is 8. The summed E-state index contributed by atoms with van der Waals surface area (Å²) in [4.78, 5) is 31.5. The fraction of sp³-hybridized carbons (Fsp3) is 0.500. The van der Waals surface area contributed by atoms with Gasteiger partial charge in [0, 0.05) is 6.42 Å². The smallest absolute Gasteiger partial charge is 0.488 e. The van der Waals surface area contributed by atoms with Crippen molar-refractivity contribution < 1.29 is 28.2 Å². The van der Waals surface area contributed by atoms with Crippen molar-refractivity contribution in [2.45, 2.75) is 24.9 Å². The fourth-order valence-corrected chi connectivity index (χ4v) is 2.81. The van der Waals surface area contributed by atoms with Crippen LogP contribution in [0.1, 0.15) is 12.6 Å². The zero-order chi connectivity index (χ0) is 15.9. The maximum Gasteiger partial charge on any atom is 0.488 e. The number of fused-ring (bicyclic) bond motifs is 1. The molecule has 1 aliphatic heterocycles. The van der Waals surface area contributed by atoms with Gasteiger partial charge in [0.2, 0.25) is 0 Å². The molecule has 2 aromatic heterocycles. The predicted molar refractivity (Wildman–Crippen MR) is 66.2 cm³/mol. The summed E-state index contributed by atoms with van der Waals surface area (Å²) in [6, 6.07) is 0. The molecule has 4 atom stereocenters. The lowest BCUT2D eigenvalue weighted by Crippen LogP contribution is -2.26. The number of rotatable bonds is 4. The molecule has 0 bridgehead atoms. The molecule has 1 aliphatic rings. The lowest BCUT2D eigenvalue weighted by atomic mass is 10.2. The normalized spacial score (nSPS) is 25.8. The first kappa shape index (κ1) is 15.1. The highest BCUT2D eigenvalue weighted by molar-refractivity contribution is 7.30. The Morgan fingerprint density at radius 3 is 3.14 bits per heavy atom. The maximum absolute atomic E-state index is 13.2. The molecule has 118 valence electrons. The van der Waals surface area contributed by atoms with Gasteiger partial charge in [-0.2, -0.15) is 9.37 Å². The first-order chi connectivity index (χ1) is 10.5. The van der Waals surface area contributed by atoms with Crippen molar-refractivity contribution in [1.29, 1.82) is 0 Å². The van der Waals surface area contributed by atoms with Crippen LogP contribution in [0.5, 0.6) is 0 Å². The number of H-pyrrole nitrogens is 1. The maximum atomic E-state index is 13.2. The van der Waals surface area contributed by atoms with Crippen LogP contribution in [0.4, 0.5) is 4.39 Å². The molecule has 22 heavy (non-hydrogen) atoms. The van der Waals surface area contributed by atoms with Gasteiger partial charge < -0.3 is 14.7 Å². The largest absolute Gasteiger partial charge is 0.566 e. The Hall–Kier alpha value is -1.78. The van der Waals surface area contributed by atoms with Gasteiger partial charge in [0.15, 0.2) is 11.2 Å². The molecule has 10 nitrogen and oxygen atoms in total. The molecule has 0 saturated carbocycles. The van der Waals surface area contributed by atoms with Crippen molar-refractivity contribution in [3.05, 3.63) is 22.8 Å². The summed E-state index contributed by atoms with van der Waals surface area (Å²) in [5, 5.41) is 9.21. The van der Waals surface area contributed by atoms with Crippen molar-refractivity contribution in [2.75, 3.05) is 6.61 Å². The topological polar surface area (TPSA) is 142 Å². The van der Waals surface area contributed by atoms with E-state index in [0.717, 1.165) is 0 Å². The lowest BCUT2D eigenvalue weighted by Gasteiger charge is -2.13. The number of nitrogens with zero attached hydrogens (tertiary/aromatic N) is 3. The SMILES string of the molecule is O=c1[nH]c(F)nc2c1ncn2[C@H]1C[C@H](O[P+](=O)[O-])[C@@H](CO)O1. The Bertz CT molecular complexity index is 778. The summed E-state index contributed by atoms with van der Waals surface area (Å²) >= 11 is 0. The monoisotopic (exact) mass is 332 g/mol. The first-order valence-corrected chi connectivity index (χ1v) is 7.29. The molecule has 0 aromatic carbocycles. The van der Waals surface area contributed by atoms with Crippen LogP contribution < -0.4 is 10.5 Å². The molecule has 12 heteroatoms. The molecule has 0 spiro atoms. The molecule has 1 saturated heterocycles. The lowest BCUT2D eigenvalue weighted by molar-refractivity contribution is -0.191. The zero-order valence-corrected chi connectivity index (χ0v) is 11.8. The predicted octanol–water partition coefficient (Wildman–Crippen LogP) is -1.06. The average molecular weight is 332 g/mol. The van der Waals surface area contributed by atoms with Crippen LogP contribution in [-0.4, -0.2) is 43.4 Å². The highest BCUT2D eigenvalue weighted by Crippen LogP contribution is 2.35. The molecule has 3 heterocycles. The number of ether oxygens (including phenoxy) is 1. The Morgan fingerprint density at radius 2 is 2.45 bits per heavy atom. The highest BCUT2D eigenvalue weighted by Gasteiger charge is 2.40. The molecular weight excluding hydrogens is 322 g/mol. The Morgan fingerprint density at radius 1 is 1.68 bits per heavy atom. The van der Waals surface area contributed by atoms with Crippen molar-refractivity contribution in [3.8, 4) is 0 Å². The zero-order valence-electron chi connectivity index (χ0n) is 10.9. The number of hydrogen-bond donors (Lipinski definition) is 2. The number of nitrogens with one attached hydrogen (secondary N) is 1. The van der Waals surface area contributed by atoms with Gasteiger partial charge in [0.05, 0.1) is 12.9 Å². The third kappa shape index (κ3) is 2.64. The number of aromatic amines is 1. The van der Waals surface area contributed by atoms with Gasteiger partial charge in [0.25, 0.3) is 11.6 Å². The van der Waals surface area contributed by atoms with Gasteiger partial charge in [-0.1, -0.05) is 0 Å². The molecule has 1 fully saturated rings. The second-order valence-corrected chi connectivity index (χ2v) is 5.25. The summed E-state index contributed by atoms with van der Waals surface area (Å²) in [6.45, 7) is -0.459. The van der Waals surface area contributed by atoms with Gasteiger partial charge in [0.1, 0.15) is 18.4 Å². The number of halogens is 1. The van der Waals surface area contributed by atoms with Gasteiger partial charge in [-0.25, -0.2) is 4.98 Å². The van der Waals surface area contributed by atoms with E-state index in [0.29, 0.717) is 0 Å². The molecule has 1 unspecified atom stereocenters. The van der Waals surface area contributed by atoms with E-state index >= 15 is 0 Å². The second kappa shape index (κ2) is 5.78. The minimum absolute atomic E-state index is 0.0462. The second-order valence-electron chi connectivity index (χ2n) is 4.60. The Balaban J connectivity index is 1.95. The van der Waals surface area contributed by atoms with E-state index in [4.69, 9.17) is 4.74 Å². The van der Waals surface area contributed by atoms with Crippen LogP contribution in [0.3, 0.4) is 0 Å². The number of aliphatic hydroxyl groups excluding tert-OH is 1. The summed E-state index contributed by atoms with van der Waals surface area (Å²) in [5.41, 5.74) is -0.867. The van der Waals surface area contributed by atoms with Gasteiger partial charge in [-0.3, -0.25) is 14.3 Å². The summed E-state index contributed by atoms with van der Waals surface area (Å²) in [5.74, 6) is 0. The van der Waals surface area contributed by atoms with Gasteiger partial charge >= 0.3 is 8.25 Å². The van der Waals surface area contributed by atoms with Crippen LogP contribution >= 0.6 is 8.25 Å². The Labute approximate surface area is 122 Å². The van der Waals surface area contributed by atoms with E-state index in [2.05, 4.69) is 14.5 Å². The molecule has 2 aromatic rings. The van der Waals surface area contributed by atoms with Gasteiger partial charge in [-0.15, -0.1) is 4.52 Å². The van der Waals surface area contributed by atoms with E-state index in [-0.39, 0.29) is 17.6 Å². The van der Waals surface area contributed by atoms with Crippen LogP contribution in [0, 0.1) is 6.08 Å². The summed E-state index contributed by atoms with van der Waals surface area (Å²) in [6.07, 6.45) is -2.34. The van der Waals surface area contributed by atoms with Crippen molar-refractivity contribution >= 4 is 19.4 Å². The molecule has 3 rings (SSSR count). The molecule has 0 radical (unpaired) electrons. The fourth-order valence-electron chi connectivity index (χ4n) is 2.37. The Kier molecular flexibility index (Phi) is 3.98. The highest BCUT2D eigenvalue weighted by atomic mass is 31.1. The van der Waals surface area contributed by atoms with Crippen molar-refractivity contribution in [1.82, 2.24) is 19.5 Å². The minimum atomic E-state index is -3.11. The van der Waals surface area contributed by atoms with Gasteiger partial charge in [-0.05, 0) is 4.57 Å². The number of aromatic nitrogens is 4. The summed E-state index contributed by atoms with van der Waals surface area (Å²) in [7, 11) is -3.11. The molecule has 0 amide bonds. The van der Waals surface area contributed by atoms with Crippen LogP contribution in [0.25, 0.3) is 11.2 Å². The van der Waals surface area contributed by atoms with E-state index in [1.54, 1.807) is 0 Å². The van der Waals surface area contributed by atoms with E-state index in [1.165, 1.54) is 10.9 Å². The third-order valence-corrected chi connectivity index (χ3v) is 3.74. The quantitative estimate of drug-likeness (QED) is 0.533. The minimum Gasteiger partial charge on any atom is -0.566 e. The van der Waals surface area contributed by atoms with E-state index in [1.807, 2.05) is 4.98 Å². The van der Waals surface area contributed by atoms with Crippen LogP contribution in [0.2, 0.25) is 0 Å². The first-order valence-electron chi connectivity index (χ1n) is 6.19. The number of aliphatic hydroxyl groups is 1. The summed E-state index contributed by atoms with van der Waals surface area (Å²) < 4.78 is 35.3. The van der Waals surface area contributed by atoms with Crippen molar-refractivity contribution in [2.24, 2.45) is 0 Å². The molecule has 2 N–H and O–H groups in total. The third-order valence-electron chi connectivity index (χ3n) is 3.30. The van der Waals surface area contributed by atoms with E-state index < -0.39 is 44.9 Å². The standard InChI is InChI=1S/C10H10FN4O6P/c11-10-13-8-7(9(17)14-10)12-3-15(8)6-1-4(21-22(18)19)5(2-16)20-6/h3-6,16H,1-2H2,(H,13,14,17)/t4-,5+,6+/m0/s1. The number of imidazole rings is 1.